The third-order valence-electron chi connectivity index (χ3n) is 3.04. The fourth-order valence-corrected chi connectivity index (χ4v) is 3.48. The van der Waals surface area contributed by atoms with Gasteiger partial charge in [0.15, 0.2) is 0 Å². The summed E-state index contributed by atoms with van der Waals surface area (Å²) in [6.07, 6.45) is 0. The number of benzene rings is 2. The summed E-state index contributed by atoms with van der Waals surface area (Å²) in [6.45, 7) is 0.435. The third-order valence-corrected chi connectivity index (χ3v) is 5.07. The molecule has 0 aliphatic heterocycles. The number of nitrogens with one attached hydrogen (secondary N) is 1. The summed E-state index contributed by atoms with van der Waals surface area (Å²) < 4.78 is 39.8. The average molecular weight is 371 g/mol. The van der Waals surface area contributed by atoms with Crippen LogP contribution in [0.4, 0.5) is 13.2 Å². The van der Waals surface area contributed by atoms with Gasteiger partial charge in [0, 0.05) is 22.9 Å². The Labute approximate surface area is 147 Å². The number of carbonyl (C=O) groups excluding carboxylic acids is 1. The minimum atomic E-state index is -0.547. The topological polar surface area (TPSA) is 29.1 Å². The molecule has 0 saturated heterocycles. The zero-order chi connectivity index (χ0) is 17.4. The Morgan fingerprint density at radius 3 is 2.62 bits per heavy atom. The number of thioether (sulfide) groups is 2. The molecule has 0 aliphatic carbocycles. The summed E-state index contributed by atoms with van der Waals surface area (Å²) in [5.74, 6) is -0.389. The predicted molar refractivity (Wildman–Crippen MR) is 92.7 cm³/mol. The van der Waals surface area contributed by atoms with Crippen LogP contribution in [0.2, 0.25) is 0 Å². The molecule has 0 heterocycles. The first kappa shape index (κ1) is 18.7. The Morgan fingerprint density at radius 2 is 1.83 bits per heavy atom. The van der Waals surface area contributed by atoms with E-state index in [4.69, 9.17) is 0 Å². The van der Waals surface area contributed by atoms with Crippen LogP contribution in [0.5, 0.6) is 0 Å². The van der Waals surface area contributed by atoms with Crippen molar-refractivity contribution in [1.82, 2.24) is 5.32 Å². The quantitative estimate of drug-likeness (QED) is 0.556. The molecule has 7 heteroatoms. The molecule has 128 valence electrons. The van der Waals surface area contributed by atoms with Gasteiger partial charge in [-0.25, -0.2) is 13.2 Å². The molecule has 1 amide bonds. The molecule has 0 aromatic heterocycles. The Hall–Kier alpha value is -1.60. The van der Waals surface area contributed by atoms with Crippen LogP contribution in [0.3, 0.4) is 0 Å². The Kier molecular flexibility index (Phi) is 7.52. The summed E-state index contributed by atoms with van der Waals surface area (Å²) >= 11 is 2.46. The smallest absolute Gasteiger partial charge is 0.230 e. The highest BCUT2D eigenvalue weighted by molar-refractivity contribution is 8.00. The summed E-state index contributed by atoms with van der Waals surface area (Å²) in [5, 5.41) is 2.70. The van der Waals surface area contributed by atoms with Crippen molar-refractivity contribution in [3.8, 4) is 0 Å². The molecule has 0 saturated carbocycles. The highest BCUT2D eigenvalue weighted by Crippen LogP contribution is 2.22. The van der Waals surface area contributed by atoms with E-state index in [0.717, 1.165) is 30.0 Å². The number of carbonyl (C=O) groups is 1. The second-order valence-corrected chi connectivity index (χ2v) is 6.98. The summed E-state index contributed by atoms with van der Waals surface area (Å²) in [4.78, 5) is 11.8. The molecule has 0 spiro atoms. The molecule has 1 N–H and O–H groups in total. The molecular weight excluding hydrogens is 355 g/mol. The first-order valence-corrected chi connectivity index (χ1v) is 9.36. The van der Waals surface area contributed by atoms with E-state index in [9.17, 15) is 18.0 Å². The van der Waals surface area contributed by atoms with E-state index in [-0.39, 0.29) is 22.4 Å². The molecule has 24 heavy (non-hydrogen) atoms. The molecule has 0 aliphatic rings. The number of amides is 1. The standard InChI is InChI=1S/C17H16F3NOS2/c18-13-5-6-15(20)16(9-13)24-11-17(22)21-7-8-23-10-12-3-1-2-4-14(12)19/h1-6,9H,7-8,10-11H2,(H,21,22). The lowest BCUT2D eigenvalue weighted by atomic mass is 10.2. The largest absolute Gasteiger partial charge is 0.355 e. The maximum absolute atomic E-state index is 13.4. The molecule has 0 radical (unpaired) electrons. The monoisotopic (exact) mass is 371 g/mol. The van der Waals surface area contributed by atoms with E-state index in [1.165, 1.54) is 17.8 Å². The lowest BCUT2D eigenvalue weighted by molar-refractivity contribution is -0.118. The van der Waals surface area contributed by atoms with Gasteiger partial charge in [-0.05, 0) is 29.8 Å². The second kappa shape index (κ2) is 9.64. The van der Waals surface area contributed by atoms with Gasteiger partial charge in [0.2, 0.25) is 5.91 Å². The zero-order valence-corrected chi connectivity index (χ0v) is 14.4. The van der Waals surface area contributed by atoms with Gasteiger partial charge < -0.3 is 5.32 Å². The minimum Gasteiger partial charge on any atom is -0.355 e. The lowest BCUT2D eigenvalue weighted by Gasteiger charge is -2.06. The number of hydrogen-bond donors (Lipinski definition) is 1. The van der Waals surface area contributed by atoms with Gasteiger partial charge in [-0.15, -0.1) is 11.8 Å². The number of halogens is 3. The fraction of sp³-hybridized carbons (Fsp3) is 0.235. The van der Waals surface area contributed by atoms with Crippen molar-refractivity contribution in [3.05, 3.63) is 65.5 Å². The minimum absolute atomic E-state index is 0.0123. The van der Waals surface area contributed by atoms with Crippen LogP contribution >= 0.6 is 23.5 Å². The van der Waals surface area contributed by atoms with Gasteiger partial charge in [-0.2, -0.15) is 11.8 Å². The molecule has 0 atom stereocenters. The zero-order valence-electron chi connectivity index (χ0n) is 12.7. The first-order chi connectivity index (χ1) is 11.6. The third kappa shape index (κ3) is 6.13. The van der Waals surface area contributed by atoms with Crippen LogP contribution < -0.4 is 5.32 Å². The van der Waals surface area contributed by atoms with Crippen LogP contribution in [0.1, 0.15) is 5.56 Å². The highest BCUT2D eigenvalue weighted by atomic mass is 32.2. The summed E-state index contributed by atoms with van der Waals surface area (Å²) in [5.41, 5.74) is 0.631. The molecule has 2 nitrogen and oxygen atoms in total. The lowest BCUT2D eigenvalue weighted by Crippen LogP contribution is -2.27. The highest BCUT2D eigenvalue weighted by Gasteiger charge is 2.08. The predicted octanol–water partition coefficient (Wildman–Crippen LogP) is 4.25. The van der Waals surface area contributed by atoms with Crippen LogP contribution in [0.15, 0.2) is 47.4 Å². The molecule has 2 rings (SSSR count). The average Bonchev–Trinajstić information content (AvgIpc) is 2.57. The van der Waals surface area contributed by atoms with E-state index in [1.807, 2.05) is 0 Å². The second-order valence-electron chi connectivity index (χ2n) is 4.86. The van der Waals surface area contributed by atoms with E-state index in [1.54, 1.807) is 18.2 Å². The van der Waals surface area contributed by atoms with Crippen molar-refractivity contribution >= 4 is 29.4 Å². The normalized spacial score (nSPS) is 10.6. The van der Waals surface area contributed by atoms with Gasteiger partial charge in [-0.3, -0.25) is 4.79 Å². The van der Waals surface area contributed by atoms with Crippen molar-refractivity contribution in [2.75, 3.05) is 18.1 Å². The summed E-state index contributed by atoms with van der Waals surface area (Å²) in [7, 11) is 0. The SMILES string of the molecule is O=C(CSc1cc(F)ccc1F)NCCSCc1ccccc1F. The molecule has 0 fully saturated rings. The van der Waals surface area contributed by atoms with E-state index in [2.05, 4.69) is 5.32 Å². The van der Waals surface area contributed by atoms with Gasteiger partial charge in [-0.1, -0.05) is 18.2 Å². The van der Waals surface area contributed by atoms with Crippen LogP contribution in [0, 0.1) is 17.5 Å². The van der Waals surface area contributed by atoms with Crippen molar-refractivity contribution < 1.29 is 18.0 Å². The van der Waals surface area contributed by atoms with Crippen LogP contribution in [0.25, 0.3) is 0 Å². The molecule has 2 aromatic carbocycles. The van der Waals surface area contributed by atoms with Crippen LogP contribution in [-0.2, 0) is 10.5 Å². The van der Waals surface area contributed by atoms with Gasteiger partial charge in [0.1, 0.15) is 17.5 Å². The van der Waals surface area contributed by atoms with Gasteiger partial charge >= 0.3 is 0 Å². The maximum atomic E-state index is 13.4. The first-order valence-electron chi connectivity index (χ1n) is 7.22. The van der Waals surface area contributed by atoms with E-state index < -0.39 is 11.6 Å². The van der Waals surface area contributed by atoms with Gasteiger partial charge in [0.25, 0.3) is 0 Å². The molecular formula is C17H16F3NOS2. The molecule has 0 unspecified atom stereocenters. The van der Waals surface area contributed by atoms with Crippen LogP contribution in [-0.4, -0.2) is 24.0 Å². The fourth-order valence-electron chi connectivity index (χ4n) is 1.84. The van der Waals surface area contributed by atoms with E-state index >= 15 is 0 Å². The van der Waals surface area contributed by atoms with E-state index in [0.29, 0.717) is 23.6 Å². The van der Waals surface area contributed by atoms with Crippen molar-refractivity contribution in [2.45, 2.75) is 10.6 Å². The molecule has 0 bridgehead atoms. The van der Waals surface area contributed by atoms with Crippen molar-refractivity contribution in [1.29, 1.82) is 0 Å². The van der Waals surface area contributed by atoms with Crippen molar-refractivity contribution in [3.63, 3.8) is 0 Å². The Bertz CT molecular complexity index is 697. The summed E-state index contributed by atoms with van der Waals surface area (Å²) in [6, 6.07) is 9.70. The molecule has 2 aromatic rings. The van der Waals surface area contributed by atoms with Gasteiger partial charge in [0.05, 0.1) is 5.75 Å². The Balaban J connectivity index is 1.63. The maximum Gasteiger partial charge on any atom is 0.230 e. The van der Waals surface area contributed by atoms with Crippen molar-refractivity contribution in [2.24, 2.45) is 0 Å². The Morgan fingerprint density at radius 1 is 1.04 bits per heavy atom. The number of hydrogen-bond acceptors (Lipinski definition) is 3. The number of rotatable bonds is 8.